The molecule has 88 valence electrons. The van der Waals surface area contributed by atoms with Crippen LogP contribution in [0.1, 0.15) is 13.3 Å². The first-order valence-electron chi connectivity index (χ1n) is 4.77. The maximum atomic E-state index is 10.8. The molecule has 0 aromatic rings. The van der Waals surface area contributed by atoms with Crippen molar-refractivity contribution in [1.29, 1.82) is 0 Å². The largest absolute Gasteiger partial charge is 0.394 e. The van der Waals surface area contributed by atoms with Crippen LogP contribution >= 0.6 is 0 Å². The van der Waals surface area contributed by atoms with E-state index in [2.05, 4.69) is 0 Å². The van der Waals surface area contributed by atoms with Crippen LogP contribution in [-0.2, 0) is 9.53 Å². The summed E-state index contributed by atoms with van der Waals surface area (Å²) >= 11 is 0. The molecule has 15 heavy (non-hydrogen) atoms. The van der Waals surface area contributed by atoms with Crippen molar-refractivity contribution < 1.29 is 30.0 Å². The Bertz CT molecular complexity index is 229. The highest BCUT2D eigenvalue weighted by Gasteiger charge is 2.43. The van der Waals surface area contributed by atoms with E-state index in [-0.39, 0.29) is 12.2 Å². The minimum absolute atomic E-state index is 0.0541. The zero-order valence-corrected chi connectivity index (χ0v) is 8.41. The zero-order chi connectivity index (χ0) is 11.6. The minimum Gasteiger partial charge on any atom is -0.394 e. The summed E-state index contributed by atoms with van der Waals surface area (Å²) in [5, 5.41) is 37.2. The quantitative estimate of drug-likeness (QED) is 0.430. The van der Waals surface area contributed by atoms with E-state index in [1.165, 1.54) is 6.92 Å². The van der Waals surface area contributed by atoms with Crippen molar-refractivity contribution in [1.82, 2.24) is 0 Å². The van der Waals surface area contributed by atoms with Crippen LogP contribution in [0.4, 0.5) is 0 Å². The van der Waals surface area contributed by atoms with Gasteiger partial charge in [0.1, 0.15) is 30.2 Å². The highest BCUT2D eigenvalue weighted by Crippen LogP contribution is 2.23. The van der Waals surface area contributed by atoms with Gasteiger partial charge >= 0.3 is 0 Å². The lowest BCUT2D eigenvalue weighted by molar-refractivity contribution is -0.229. The second-order valence-corrected chi connectivity index (χ2v) is 3.77. The lowest BCUT2D eigenvalue weighted by atomic mass is 9.93. The van der Waals surface area contributed by atoms with E-state index in [0.717, 1.165) is 0 Å². The van der Waals surface area contributed by atoms with E-state index in [1.54, 1.807) is 0 Å². The Hall–Kier alpha value is -0.530. The molecule has 0 aliphatic carbocycles. The molecule has 0 saturated carbocycles. The SMILES string of the molecule is CC(=O)CC1O[C@H](CO)[C@H](O)[C@H](O)[C@H]1O. The van der Waals surface area contributed by atoms with E-state index >= 15 is 0 Å². The summed E-state index contributed by atoms with van der Waals surface area (Å²) in [6.07, 6.45) is -5.95. The number of carbonyl (C=O) groups excluding carboxylic acids is 1. The highest BCUT2D eigenvalue weighted by atomic mass is 16.5. The van der Waals surface area contributed by atoms with Crippen molar-refractivity contribution in [2.24, 2.45) is 0 Å². The molecule has 1 heterocycles. The van der Waals surface area contributed by atoms with E-state index in [0.29, 0.717) is 0 Å². The molecule has 4 N–H and O–H groups in total. The third-order valence-electron chi connectivity index (χ3n) is 2.48. The number of carbonyl (C=O) groups is 1. The van der Waals surface area contributed by atoms with E-state index in [9.17, 15) is 20.1 Å². The van der Waals surface area contributed by atoms with Gasteiger partial charge in [-0.05, 0) is 6.92 Å². The number of Topliss-reactive ketones (excluding diaryl/α,β-unsaturated/α-hetero) is 1. The summed E-state index contributed by atoms with van der Waals surface area (Å²) in [5.74, 6) is -0.195. The van der Waals surface area contributed by atoms with Gasteiger partial charge in [0.2, 0.25) is 0 Å². The van der Waals surface area contributed by atoms with Crippen molar-refractivity contribution in [3.05, 3.63) is 0 Å². The molecule has 0 spiro atoms. The number of rotatable bonds is 3. The Morgan fingerprint density at radius 2 is 1.67 bits per heavy atom. The predicted octanol–water partition coefficient (Wildman–Crippen LogP) is -2.19. The third-order valence-corrected chi connectivity index (χ3v) is 2.48. The second kappa shape index (κ2) is 5.00. The van der Waals surface area contributed by atoms with Crippen LogP contribution in [0, 0.1) is 0 Å². The molecule has 1 aliphatic rings. The van der Waals surface area contributed by atoms with Gasteiger partial charge in [0.25, 0.3) is 0 Å². The molecule has 0 bridgehead atoms. The van der Waals surface area contributed by atoms with Gasteiger partial charge in [-0.15, -0.1) is 0 Å². The van der Waals surface area contributed by atoms with Crippen LogP contribution in [0.25, 0.3) is 0 Å². The Morgan fingerprint density at radius 3 is 2.13 bits per heavy atom. The number of ketones is 1. The number of aliphatic hydroxyl groups is 4. The van der Waals surface area contributed by atoms with E-state index in [4.69, 9.17) is 9.84 Å². The molecule has 0 aromatic carbocycles. The van der Waals surface area contributed by atoms with Gasteiger partial charge in [-0.3, -0.25) is 4.79 Å². The Balaban J connectivity index is 2.69. The summed E-state index contributed by atoms with van der Waals surface area (Å²) in [7, 11) is 0. The smallest absolute Gasteiger partial charge is 0.132 e. The van der Waals surface area contributed by atoms with Crippen LogP contribution in [0.2, 0.25) is 0 Å². The molecule has 6 nitrogen and oxygen atoms in total. The second-order valence-electron chi connectivity index (χ2n) is 3.77. The number of aliphatic hydroxyl groups excluding tert-OH is 4. The zero-order valence-electron chi connectivity index (χ0n) is 8.41. The standard InChI is InChI=1S/C9H16O6/c1-4(11)2-5-7(12)9(14)8(13)6(3-10)15-5/h5-10,12-14H,2-3H2,1H3/t5?,6-,7+,8+,9-/m1/s1. The van der Waals surface area contributed by atoms with Gasteiger partial charge in [-0.1, -0.05) is 0 Å². The summed E-state index contributed by atoms with van der Waals surface area (Å²) < 4.78 is 5.11. The van der Waals surface area contributed by atoms with Gasteiger partial charge in [0, 0.05) is 6.42 Å². The molecule has 6 heteroatoms. The number of hydrogen-bond acceptors (Lipinski definition) is 6. The number of hydrogen-bond donors (Lipinski definition) is 4. The monoisotopic (exact) mass is 220 g/mol. The normalized spacial score (nSPS) is 41.5. The first kappa shape index (κ1) is 12.5. The van der Waals surface area contributed by atoms with Crippen molar-refractivity contribution in [3.63, 3.8) is 0 Å². The summed E-state index contributed by atoms with van der Waals surface area (Å²) in [6.45, 7) is 0.862. The first-order valence-corrected chi connectivity index (χ1v) is 4.77. The van der Waals surface area contributed by atoms with Crippen LogP contribution in [-0.4, -0.2) is 63.3 Å². The van der Waals surface area contributed by atoms with E-state index in [1.807, 2.05) is 0 Å². The maximum absolute atomic E-state index is 10.8. The van der Waals surface area contributed by atoms with Gasteiger partial charge in [0.15, 0.2) is 0 Å². The summed E-state index contributed by atoms with van der Waals surface area (Å²) in [4.78, 5) is 10.8. The van der Waals surface area contributed by atoms with Crippen molar-refractivity contribution in [3.8, 4) is 0 Å². The average Bonchev–Trinajstić information content (AvgIpc) is 2.18. The van der Waals surface area contributed by atoms with Gasteiger partial charge in [-0.2, -0.15) is 0 Å². The molecule has 0 amide bonds. The van der Waals surface area contributed by atoms with Crippen molar-refractivity contribution in [2.45, 2.75) is 43.9 Å². The molecule has 0 aromatic heterocycles. The van der Waals surface area contributed by atoms with Crippen LogP contribution in [0.3, 0.4) is 0 Å². The molecular weight excluding hydrogens is 204 g/mol. The predicted molar refractivity (Wildman–Crippen MR) is 49.1 cm³/mol. The van der Waals surface area contributed by atoms with E-state index < -0.39 is 37.1 Å². The van der Waals surface area contributed by atoms with Crippen molar-refractivity contribution in [2.75, 3.05) is 6.61 Å². The molecule has 1 unspecified atom stereocenters. The van der Waals surface area contributed by atoms with Crippen molar-refractivity contribution >= 4 is 5.78 Å². The van der Waals surface area contributed by atoms with Gasteiger partial charge in [0.05, 0.1) is 12.7 Å². The highest BCUT2D eigenvalue weighted by molar-refractivity contribution is 5.76. The molecule has 5 atom stereocenters. The number of ether oxygens (including phenoxy) is 1. The molecule has 1 aliphatic heterocycles. The topological polar surface area (TPSA) is 107 Å². The molecule has 1 saturated heterocycles. The molecule has 1 fully saturated rings. The Kier molecular flexibility index (Phi) is 4.18. The lowest BCUT2D eigenvalue weighted by Crippen LogP contribution is -2.58. The Labute approximate surface area is 87.1 Å². The van der Waals surface area contributed by atoms with Crippen LogP contribution < -0.4 is 0 Å². The van der Waals surface area contributed by atoms with Crippen LogP contribution in [0.15, 0.2) is 0 Å². The Morgan fingerprint density at radius 1 is 1.13 bits per heavy atom. The summed E-state index contributed by atoms with van der Waals surface area (Å²) in [5.41, 5.74) is 0. The fraction of sp³-hybridized carbons (Fsp3) is 0.889. The molecule has 1 rings (SSSR count). The fourth-order valence-corrected chi connectivity index (χ4v) is 1.63. The third kappa shape index (κ3) is 2.73. The molecular formula is C9H16O6. The van der Waals surface area contributed by atoms with Gasteiger partial charge < -0.3 is 25.2 Å². The fourth-order valence-electron chi connectivity index (χ4n) is 1.63. The summed E-state index contributed by atoms with van der Waals surface area (Å²) in [6, 6.07) is 0. The van der Waals surface area contributed by atoms with Crippen LogP contribution in [0.5, 0.6) is 0 Å². The maximum Gasteiger partial charge on any atom is 0.132 e. The average molecular weight is 220 g/mol. The molecule has 0 radical (unpaired) electrons. The van der Waals surface area contributed by atoms with Gasteiger partial charge in [-0.25, -0.2) is 0 Å². The minimum atomic E-state index is -1.40. The first-order chi connectivity index (χ1) is 6.97. The lowest BCUT2D eigenvalue weighted by Gasteiger charge is -2.39.